The molecule has 0 spiro atoms. The monoisotopic (exact) mass is 420 g/mol. The highest BCUT2D eigenvalue weighted by Gasteiger charge is 2.44. The molecule has 2 unspecified atom stereocenters. The Morgan fingerprint density at radius 3 is 2.24 bits per heavy atom. The Labute approximate surface area is 138 Å². The smallest absolute Gasteiger partial charge is 0.243 e. The number of hydrogen-bond donors (Lipinski definition) is 1. The summed E-state index contributed by atoms with van der Waals surface area (Å²) in [6.07, 6.45) is 3.78. The van der Waals surface area contributed by atoms with E-state index < -0.39 is 10.0 Å². The molecule has 1 N–H and O–H groups in total. The summed E-state index contributed by atoms with van der Waals surface area (Å²) in [5, 5.41) is 12.3. The van der Waals surface area contributed by atoms with Crippen LogP contribution in [0.1, 0.15) is 32.1 Å². The molecule has 114 valence electrons. The minimum atomic E-state index is -3.48. The molecule has 1 aromatic rings. The van der Waals surface area contributed by atoms with Crippen LogP contribution in [0, 0.1) is 3.57 Å². The third kappa shape index (κ3) is 2.83. The number of nitrogens with zero attached hydrogens (tertiary/aromatic N) is 2. The van der Waals surface area contributed by atoms with Crippen molar-refractivity contribution in [2.75, 3.05) is 0 Å². The van der Waals surface area contributed by atoms with E-state index in [2.05, 4.69) is 27.7 Å². The Morgan fingerprint density at radius 1 is 1.14 bits per heavy atom. The highest BCUT2D eigenvalue weighted by atomic mass is 127. The maximum absolute atomic E-state index is 12.9. The first-order valence-corrected chi connectivity index (χ1v) is 9.53. The molecule has 0 radical (unpaired) electrons. The van der Waals surface area contributed by atoms with Gasteiger partial charge < -0.3 is 5.21 Å². The summed E-state index contributed by atoms with van der Waals surface area (Å²) in [5.41, 5.74) is 0.721. The SMILES string of the molecule is O=S(=O)(c1ccc(I)cc1)N1C2CCCC1CC(=NO)C2. The second kappa shape index (κ2) is 5.85. The van der Waals surface area contributed by atoms with Crippen molar-refractivity contribution in [1.82, 2.24) is 4.31 Å². The number of rotatable bonds is 2. The molecule has 21 heavy (non-hydrogen) atoms. The zero-order chi connectivity index (χ0) is 15.0. The van der Waals surface area contributed by atoms with Crippen molar-refractivity contribution in [3.63, 3.8) is 0 Å². The normalized spacial score (nSPS) is 26.6. The standard InChI is InChI=1S/C14H17IN2O3S/c15-10-4-6-14(7-5-10)21(19,20)17-12-2-1-3-13(17)9-11(8-12)16-18/h4-7,12-13,18H,1-3,8-9H2. The Kier molecular flexibility index (Phi) is 4.24. The predicted octanol–water partition coefficient (Wildman–Crippen LogP) is 2.83. The van der Waals surface area contributed by atoms with Crippen molar-refractivity contribution in [2.45, 2.75) is 49.1 Å². The topological polar surface area (TPSA) is 70.0 Å². The lowest BCUT2D eigenvalue weighted by Gasteiger charge is -2.44. The molecule has 2 heterocycles. The first kappa shape index (κ1) is 15.2. The van der Waals surface area contributed by atoms with Gasteiger partial charge in [0.25, 0.3) is 0 Å². The Hall–Kier alpha value is -0.670. The van der Waals surface area contributed by atoms with E-state index in [0.717, 1.165) is 28.5 Å². The van der Waals surface area contributed by atoms with Crippen molar-refractivity contribution in [3.8, 4) is 0 Å². The van der Waals surface area contributed by atoms with E-state index in [1.807, 2.05) is 12.1 Å². The second-order valence-electron chi connectivity index (χ2n) is 5.60. The second-order valence-corrected chi connectivity index (χ2v) is 8.69. The minimum Gasteiger partial charge on any atom is -0.411 e. The summed E-state index contributed by atoms with van der Waals surface area (Å²) >= 11 is 2.16. The van der Waals surface area contributed by atoms with Crippen LogP contribution in [0.4, 0.5) is 0 Å². The summed E-state index contributed by atoms with van der Waals surface area (Å²) in [6, 6.07) is 6.81. The summed E-state index contributed by atoms with van der Waals surface area (Å²) in [5.74, 6) is 0. The van der Waals surface area contributed by atoms with Crippen molar-refractivity contribution >= 4 is 38.3 Å². The molecular weight excluding hydrogens is 403 g/mol. The van der Waals surface area contributed by atoms with Gasteiger partial charge >= 0.3 is 0 Å². The van der Waals surface area contributed by atoms with Crippen LogP contribution in [-0.4, -0.2) is 35.7 Å². The molecule has 3 rings (SSSR count). The Balaban J connectivity index is 1.97. The van der Waals surface area contributed by atoms with Crippen LogP contribution in [-0.2, 0) is 10.0 Å². The van der Waals surface area contributed by atoms with E-state index in [1.54, 1.807) is 16.4 Å². The van der Waals surface area contributed by atoms with Gasteiger partial charge in [0.2, 0.25) is 10.0 Å². The highest BCUT2D eigenvalue weighted by Crippen LogP contribution is 2.37. The quantitative estimate of drug-likeness (QED) is 0.455. The average molecular weight is 420 g/mol. The fraction of sp³-hybridized carbons (Fsp3) is 0.500. The summed E-state index contributed by atoms with van der Waals surface area (Å²) in [4.78, 5) is 0.351. The molecule has 2 fully saturated rings. The molecule has 5 nitrogen and oxygen atoms in total. The van der Waals surface area contributed by atoms with Gasteiger partial charge in [-0.2, -0.15) is 4.31 Å². The molecule has 2 aliphatic heterocycles. The number of oxime groups is 1. The lowest BCUT2D eigenvalue weighted by atomic mass is 9.86. The Morgan fingerprint density at radius 2 is 1.71 bits per heavy atom. The molecule has 7 heteroatoms. The third-order valence-electron chi connectivity index (χ3n) is 4.27. The molecule has 2 bridgehead atoms. The van der Waals surface area contributed by atoms with Crippen LogP contribution in [0.15, 0.2) is 34.3 Å². The number of halogens is 1. The number of fused-ring (bicyclic) bond motifs is 2. The van der Waals surface area contributed by atoms with Crippen molar-refractivity contribution < 1.29 is 13.6 Å². The summed E-state index contributed by atoms with van der Waals surface area (Å²) in [7, 11) is -3.48. The van der Waals surface area contributed by atoms with Gasteiger partial charge in [0.1, 0.15) is 0 Å². The first-order chi connectivity index (χ1) is 10.0. The summed E-state index contributed by atoms with van der Waals surface area (Å²) < 4.78 is 28.5. The number of sulfonamides is 1. The molecule has 0 amide bonds. The average Bonchev–Trinajstić information content (AvgIpc) is 2.46. The lowest BCUT2D eigenvalue weighted by Crippen LogP contribution is -2.54. The minimum absolute atomic E-state index is 0.0762. The number of piperidine rings is 2. The molecule has 2 saturated heterocycles. The van der Waals surface area contributed by atoms with Gasteiger partial charge in [-0.1, -0.05) is 11.6 Å². The van der Waals surface area contributed by atoms with Crippen molar-refractivity contribution in [1.29, 1.82) is 0 Å². The van der Waals surface area contributed by atoms with Gasteiger partial charge in [-0.05, 0) is 59.7 Å². The van der Waals surface area contributed by atoms with Crippen LogP contribution in [0.25, 0.3) is 0 Å². The molecule has 0 saturated carbocycles. The van der Waals surface area contributed by atoms with E-state index in [0.29, 0.717) is 17.7 Å². The van der Waals surface area contributed by atoms with Crippen LogP contribution in [0.3, 0.4) is 0 Å². The van der Waals surface area contributed by atoms with E-state index in [4.69, 9.17) is 5.21 Å². The van der Waals surface area contributed by atoms with Crippen LogP contribution in [0.2, 0.25) is 0 Å². The van der Waals surface area contributed by atoms with E-state index in [1.165, 1.54) is 0 Å². The van der Waals surface area contributed by atoms with Crippen LogP contribution < -0.4 is 0 Å². The van der Waals surface area contributed by atoms with Crippen LogP contribution in [0.5, 0.6) is 0 Å². The number of hydrogen-bond acceptors (Lipinski definition) is 4. The van der Waals surface area contributed by atoms with Gasteiger partial charge in [-0.25, -0.2) is 8.42 Å². The third-order valence-corrected chi connectivity index (χ3v) is 7.01. The molecule has 0 aromatic heterocycles. The van der Waals surface area contributed by atoms with Gasteiger partial charge in [0, 0.05) is 28.5 Å². The molecule has 2 atom stereocenters. The molecular formula is C14H17IN2O3S. The van der Waals surface area contributed by atoms with Gasteiger partial charge in [-0.3, -0.25) is 0 Å². The predicted molar refractivity (Wildman–Crippen MR) is 88.1 cm³/mol. The maximum Gasteiger partial charge on any atom is 0.243 e. The van der Waals surface area contributed by atoms with Gasteiger partial charge in [0.15, 0.2) is 0 Å². The molecule has 1 aromatic carbocycles. The zero-order valence-electron chi connectivity index (χ0n) is 11.4. The fourth-order valence-corrected chi connectivity index (χ4v) is 5.58. The first-order valence-electron chi connectivity index (χ1n) is 7.01. The highest BCUT2D eigenvalue weighted by molar-refractivity contribution is 14.1. The molecule has 0 aliphatic carbocycles. The van der Waals surface area contributed by atoms with E-state index in [9.17, 15) is 8.42 Å². The summed E-state index contributed by atoms with van der Waals surface area (Å²) in [6.45, 7) is 0. The van der Waals surface area contributed by atoms with Gasteiger partial charge in [-0.15, -0.1) is 0 Å². The fourth-order valence-electron chi connectivity index (χ4n) is 3.36. The Bertz CT molecular complexity index is 641. The van der Waals surface area contributed by atoms with Gasteiger partial charge in [0.05, 0.1) is 10.6 Å². The molecule has 2 aliphatic rings. The maximum atomic E-state index is 12.9. The zero-order valence-corrected chi connectivity index (χ0v) is 14.4. The van der Waals surface area contributed by atoms with E-state index >= 15 is 0 Å². The van der Waals surface area contributed by atoms with E-state index in [-0.39, 0.29) is 12.1 Å². The van der Waals surface area contributed by atoms with Crippen LogP contribution >= 0.6 is 22.6 Å². The van der Waals surface area contributed by atoms with Crippen molar-refractivity contribution in [2.24, 2.45) is 5.16 Å². The lowest BCUT2D eigenvalue weighted by molar-refractivity contribution is 0.166. The largest absolute Gasteiger partial charge is 0.411 e. The van der Waals surface area contributed by atoms with Crippen molar-refractivity contribution in [3.05, 3.63) is 27.8 Å². The number of benzene rings is 1.